The van der Waals surface area contributed by atoms with Crippen molar-refractivity contribution in [2.45, 2.75) is 5.41 Å². The number of fused-ring (bicyclic) bond motifs is 10. The summed E-state index contributed by atoms with van der Waals surface area (Å²) in [4.78, 5) is 4.94. The van der Waals surface area contributed by atoms with Crippen molar-refractivity contribution < 1.29 is 0 Å². The molecule has 1 spiro atoms. The van der Waals surface area contributed by atoms with E-state index in [4.69, 9.17) is 0 Å². The summed E-state index contributed by atoms with van der Waals surface area (Å²) < 4.78 is 0. The zero-order valence-electron chi connectivity index (χ0n) is 44.6. The standard InChI is InChI=1S/C79H54N2/c1-5-23-55(24-6-1)57-41-46-63(47-42-57)80(77-39-21-16-31-67(77)59-27-9-3-10-28-59)65-51-62(61-45-50-72-71-35-15-20-38-75(71)79(76(72)53-61)73-36-18-13-33-69(73)70-34-14-19-37-74(70)79)52-66(54-65)81(64-48-43-58(44-49-64)56-25-7-2-8-26-56)78-40-22-17-32-68(78)60-29-11-4-12-30-60/h1-54H. The highest BCUT2D eigenvalue weighted by atomic mass is 15.2. The number of hydrogen-bond acceptors (Lipinski definition) is 2. The lowest BCUT2D eigenvalue weighted by atomic mass is 9.70. The Balaban J connectivity index is 1.01. The minimum Gasteiger partial charge on any atom is -0.310 e. The van der Waals surface area contributed by atoms with Gasteiger partial charge in [0.25, 0.3) is 0 Å². The second kappa shape index (κ2) is 20.0. The molecule has 0 bridgehead atoms. The summed E-state index contributed by atoms with van der Waals surface area (Å²) >= 11 is 0. The molecule has 0 aromatic heterocycles. The van der Waals surface area contributed by atoms with Crippen molar-refractivity contribution in [2.24, 2.45) is 0 Å². The lowest BCUT2D eigenvalue weighted by Gasteiger charge is -2.33. The van der Waals surface area contributed by atoms with Gasteiger partial charge in [0.05, 0.1) is 16.8 Å². The fraction of sp³-hybridized carbons (Fsp3) is 0.0127. The summed E-state index contributed by atoms with van der Waals surface area (Å²) in [5, 5.41) is 0. The summed E-state index contributed by atoms with van der Waals surface area (Å²) in [6.45, 7) is 0. The average Bonchev–Trinajstić information content (AvgIpc) is 2.55. The molecular formula is C79H54N2. The predicted octanol–water partition coefficient (Wildman–Crippen LogP) is 21.3. The molecule has 0 fully saturated rings. The normalized spacial score (nSPS) is 12.3. The van der Waals surface area contributed by atoms with E-state index in [-0.39, 0.29) is 0 Å². The van der Waals surface area contributed by atoms with Crippen molar-refractivity contribution in [3.8, 4) is 77.9 Å². The van der Waals surface area contributed by atoms with Gasteiger partial charge in [0.1, 0.15) is 0 Å². The third kappa shape index (κ3) is 8.11. The molecule has 0 heterocycles. The van der Waals surface area contributed by atoms with Gasteiger partial charge in [0, 0.05) is 33.9 Å². The number of hydrogen-bond donors (Lipinski definition) is 0. The van der Waals surface area contributed by atoms with Crippen molar-refractivity contribution in [1.29, 1.82) is 0 Å². The smallest absolute Gasteiger partial charge is 0.0725 e. The maximum Gasteiger partial charge on any atom is 0.0725 e. The molecule has 0 saturated heterocycles. The van der Waals surface area contributed by atoms with E-state index in [1.807, 2.05) is 0 Å². The number of rotatable bonds is 11. The first-order valence-electron chi connectivity index (χ1n) is 28.0. The van der Waals surface area contributed by atoms with E-state index in [2.05, 4.69) is 337 Å². The topological polar surface area (TPSA) is 6.48 Å². The molecule has 2 nitrogen and oxygen atoms in total. The predicted molar refractivity (Wildman–Crippen MR) is 339 cm³/mol. The van der Waals surface area contributed by atoms with Crippen LogP contribution >= 0.6 is 0 Å². The Morgan fingerprint density at radius 1 is 0.173 bits per heavy atom. The highest BCUT2D eigenvalue weighted by Crippen LogP contribution is 2.63. The van der Waals surface area contributed by atoms with Crippen LogP contribution in [0.2, 0.25) is 0 Å². The van der Waals surface area contributed by atoms with Crippen molar-refractivity contribution in [3.05, 3.63) is 350 Å². The van der Waals surface area contributed by atoms with Gasteiger partial charge < -0.3 is 9.80 Å². The molecule has 0 atom stereocenters. The molecule has 81 heavy (non-hydrogen) atoms. The molecule has 0 N–H and O–H groups in total. The van der Waals surface area contributed by atoms with E-state index in [0.717, 1.165) is 78.6 Å². The van der Waals surface area contributed by atoms with Crippen molar-refractivity contribution >= 4 is 34.1 Å². The third-order valence-electron chi connectivity index (χ3n) is 16.7. The van der Waals surface area contributed by atoms with Gasteiger partial charge in [-0.05, 0) is 150 Å². The summed E-state index contributed by atoms with van der Waals surface area (Å²) in [6.07, 6.45) is 0. The first kappa shape index (κ1) is 47.7. The van der Waals surface area contributed by atoms with Crippen molar-refractivity contribution in [1.82, 2.24) is 0 Å². The van der Waals surface area contributed by atoms with Gasteiger partial charge in [-0.15, -0.1) is 0 Å². The van der Waals surface area contributed by atoms with Crippen LogP contribution in [-0.4, -0.2) is 0 Å². The van der Waals surface area contributed by atoms with E-state index in [1.54, 1.807) is 0 Å². The molecule has 380 valence electrons. The van der Waals surface area contributed by atoms with Gasteiger partial charge in [0.2, 0.25) is 0 Å². The summed E-state index contributed by atoms with van der Waals surface area (Å²) in [6, 6.07) is 121. The maximum absolute atomic E-state index is 2.52. The van der Waals surface area contributed by atoms with Crippen LogP contribution in [0.25, 0.3) is 77.9 Å². The van der Waals surface area contributed by atoms with Crippen LogP contribution in [0.1, 0.15) is 22.3 Å². The molecule has 0 saturated carbocycles. The first-order chi connectivity index (χ1) is 40.2. The van der Waals surface area contributed by atoms with Gasteiger partial charge in [0.15, 0.2) is 0 Å². The van der Waals surface area contributed by atoms with Crippen LogP contribution in [0.15, 0.2) is 328 Å². The lowest BCUT2D eigenvalue weighted by molar-refractivity contribution is 0.794. The van der Waals surface area contributed by atoms with E-state index in [1.165, 1.54) is 55.6 Å². The first-order valence-corrected chi connectivity index (χ1v) is 28.0. The Hall–Kier alpha value is -10.5. The van der Waals surface area contributed by atoms with E-state index >= 15 is 0 Å². The van der Waals surface area contributed by atoms with Gasteiger partial charge in [-0.2, -0.15) is 0 Å². The maximum atomic E-state index is 2.52. The number of anilines is 6. The molecule has 0 amide bonds. The highest BCUT2D eigenvalue weighted by molar-refractivity contribution is 5.98. The monoisotopic (exact) mass is 1030 g/mol. The molecule has 2 heteroatoms. The van der Waals surface area contributed by atoms with E-state index in [0.29, 0.717) is 0 Å². The molecule has 2 aliphatic rings. The Labute approximate surface area is 474 Å². The van der Waals surface area contributed by atoms with Gasteiger partial charge in [-0.3, -0.25) is 0 Å². The Kier molecular flexibility index (Phi) is 11.8. The largest absolute Gasteiger partial charge is 0.310 e. The van der Waals surface area contributed by atoms with Gasteiger partial charge in [-0.25, -0.2) is 0 Å². The van der Waals surface area contributed by atoms with E-state index in [9.17, 15) is 0 Å². The van der Waals surface area contributed by atoms with Crippen LogP contribution in [0, 0.1) is 0 Å². The van der Waals surface area contributed by atoms with Crippen LogP contribution in [0.3, 0.4) is 0 Å². The fourth-order valence-electron chi connectivity index (χ4n) is 13.1. The van der Waals surface area contributed by atoms with Crippen molar-refractivity contribution in [2.75, 3.05) is 9.80 Å². The molecule has 0 aliphatic heterocycles. The summed E-state index contributed by atoms with van der Waals surface area (Å²) in [7, 11) is 0. The second-order valence-electron chi connectivity index (χ2n) is 21.1. The van der Waals surface area contributed by atoms with Gasteiger partial charge >= 0.3 is 0 Å². The quantitative estimate of drug-likeness (QED) is 0.127. The fourth-order valence-corrected chi connectivity index (χ4v) is 13.1. The lowest BCUT2D eigenvalue weighted by Crippen LogP contribution is -2.25. The van der Waals surface area contributed by atoms with Crippen LogP contribution in [0.5, 0.6) is 0 Å². The highest BCUT2D eigenvalue weighted by Gasteiger charge is 2.51. The summed E-state index contributed by atoms with van der Waals surface area (Å²) in [5.41, 5.74) is 27.7. The number of para-hydroxylation sites is 2. The zero-order valence-corrected chi connectivity index (χ0v) is 44.6. The van der Waals surface area contributed by atoms with Crippen LogP contribution in [-0.2, 0) is 5.41 Å². The Bertz CT molecular complexity index is 4180. The molecule has 13 aromatic rings. The molecule has 2 aliphatic carbocycles. The third-order valence-corrected chi connectivity index (χ3v) is 16.7. The van der Waals surface area contributed by atoms with Crippen molar-refractivity contribution in [3.63, 3.8) is 0 Å². The number of benzene rings is 13. The zero-order chi connectivity index (χ0) is 53.7. The minimum atomic E-state index is -0.502. The number of nitrogens with zero attached hydrogens (tertiary/aromatic N) is 2. The van der Waals surface area contributed by atoms with E-state index < -0.39 is 5.41 Å². The van der Waals surface area contributed by atoms with Crippen LogP contribution < -0.4 is 9.80 Å². The molecule has 0 radical (unpaired) electrons. The summed E-state index contributed by atoms with van der Waals surface area (Å²) in [5.74, 6) is 0. The van der Waals surface area contributed by atoms with Crippen LogP contribution in [0.4, 0.5) is 34.1 Å². The molecule has 0 unspecified atom stereocenters. The minimum absolute atomic E-state index is 0.502. The average molecular weight is 1030 g/mol. The Morgan fingerprint density at radius 3 is 0.889 bits per heavy atom. The Morgan fingerprint density at radius 2 is 0.481 bits per heavy atom. The molecule has 13 aromatic carbocycles. The SMILES string of the molecule is c1ccc(-c2ccc(N(c3cc(-c4ccc5c(c4)C4(c6ccccc6-c6ccccc64)c4ccccc4-5)cc(N(c4ccc(-c5ccccc5)cc4)c4ccccc4-c4ccccc4)c3)c3ccccc3-c3ccccc3)cc2)cc1. The van der Waals surface area contributed by atoms with Gasteiger partial charge in [-0.1, -0.05) is 267 Å². The molecule has 15 rings (SSSR count). The second-order valence-corrected chi connectivity index (χ2v) is 21.1. The molecular weight excluding hydrogens is 977 g/mol.